The molecular weight excluding hydrogens is 236 g/mol. The third kappa shape index (κ3) is 2.62. The highest BCUT2D eigenvalue weighted by Gasteiger charge is 2.26. The number of hydrogen-bond donors (Lipinski definition) is 1. The maximum absolute atomic E-state index is 5.52. The van der Waals surface area contributed by atoms with Gasteiger partial charge in [0.05, 0.1) is 6.10 Å². The maximum Gasteiger partial charge on any atom is 0.0724 e. The van der Waals surface area contributed by atoms with E-state index in [1.807, 2.05) is 19.5 Å². The second kappa shape index (κ2) is 5.68. The van der Waals surface area contributed by atoms with Crippen LogP contribution >= 0.6 is 0 Å². The number of nitrogens with one attached hydrogen (secondary N) is 1. The fourth-order valence-corrected chi connectivity index (χ4v) is 3.00. The molecule has 100 valence electrons. The number of aromatic nitrogens is 1. The third-order valence-corrected chi connectivity index (χ3v) is 4.06. The molecule has 1 heterocycles. The lowest BCUT2D eigenvalue weighted by molar-refractivity contribution is 0.0847. The highest BCUT2D eigenvalue weighted by Crippen LogP contribution is 2.23. The molecule has 0 bridgehead atoms. The summed E-state index contributed by atoms with van der Waals surface area (Å²) in [7, 11) is 1.81. The lowest BCUT2D eigenvalue weighted by atomic mass is 10.1. The minimum Gasteiger partial charge on any atom is -0.380 e. The molecule has 19 heavy (non-hydrogen) atoms. The summed E-state index contributed by atoms with van der Waals surface area (Å²) in [5, 5.41) is 6.12. The van der Waals surface area contributed by atoms with E-state index in [9.17, 15) is 0 Å². The van der Waals surface area contributed by atoms with Gasteiger partial charge >= 0.3 is 0 Å². The minimum atomic E-state index is 0.364. The molecule has 1 fully saturated rings. The summed E-state index contributed by atoms with van der Waals surface area (Å²) >= 11 is 0. The topological polar surface area (TPSA) is 34.1 Å². The van der Waals surface area contributed by atoms with Gasteiger partial charge in [-0.3, -0.25) is 4.98 Å². The van der Waals surface area contributed by atoms with Crippen molar-refractivity contribution in [3.05, 3.63) is 42.2 Å². The Morgan fingerprint density at radius 3 is 3.05 bits per heavy atom. The molecule has 3 heteroatoms. The molecule has 1 aliphatic rings. The van der Waals surface area contributed by atoms with E-state index in [1.54, 1.807) is 0 Å². The summed E-state index contributed by atoms with van der Waals surface area (Å²) in [5.74, 6) is 0. The molecule has 2 atom stereocenters. The summed E-state index contributed by atoms with van der Waals surface area (Å²) in [4.78, 5) is 4.33. The fraction of sp³-hybridized carbons (Fsp3) is 0.438. The molecule has 0 saturated heterocycles. The van der Waals surface area contributed by atoms with Crippen molar-refractivity contribution < 1.29 is 4.74 Å². The van der Waals surface area contributed by atoms with Crippen LogP contribution in [-0.4, -0.2) is 24.2 Å². The van der Waals surface area contributed by atoms with Gasteiger partial charge in [-0.25, -0.2) is 0 Å². The predicted octanol–water partition coefficient (Wildman–Crippen LogP) is 2.89. The number of ether oxygens (including phenoxy) is 1. The highest BCUT2D eigenvalue weighted by atomic mass is 16.5. The number of benzene rings is 1. The van der Waals surface area contributed by atoms with Crippen LogP contribution in [0.3, 0.4) is 0 Å². The summed E-state index contributed by atoms with van der Waals surface area (Å²) in [6, 6.07) is 8.89. The Morgan fingerprint density at radius 1 is 1.26 bits per heavy atom. The van der Waals surface area contributed by atoms with Gasteiger partial charge in [-0.2, -0.15) is 0 Å². The van der Waals surface area contributed by atoms with Crippen LogP contribution in [0.5, 0.6) is 0 Å². The van der Waals surface area contributed by atoms with Gasteiger partial charge in [-0.15, -0.1) is 0 Å². The monoisotopic (exact) mass is 256 g/mol. The molecule has 1 saturated carbocycles. The summed E-state index contributed by atoms with van der Waals surface area (Å²) in [5.41, 5.74) is 1.26. The lowest BCUT2D eigenvalue weighted by Crippen LogP contribution is -2.36. The summed E-state index contributed by atoms with van der Waals surface area (Å²) < 4.78 is 5.52. The average Bonchev–Trinajstić information content (AvgIpc) is 2.92. The smallest absolute Gasteiger partial charge is 0.0724 e. The normalized spacial score (nSPS) is 23.0. The quantitative estimate of drug-likeness (QED) is 0.913. The molecule has 2 unspecified atom stereocenters. The first-order valence-corrected chi connectivity index (χ1v) is 6.96. The van der Waals surface area contributed by atoms with Crippen molar-refractivity contribution in [2.45, 2.75) is 38.0 Å². The van der Waals surface area contributed by atoms with Crippen molar-refractivity contribution in [3.8, 4) is 0 Å². The molecule has 0 radical (unpaired) electrons. The van der Waals surface area contributed by atoms with Gasteiger partial charge in [-0.05, 0) is 30.2 Å². The van der Waals surface area contributed by atoms with Crippen molar-refractivity contribution in [1.82, 2.24) is 10.3 Å². The van der Waals surface area contributed by atoms with Gasteiger partial charge in [-0.1, -0.05) is 24.3 Å². The van der Waals surface area contributed by atoms with Crippen molar-refractivity contribution in [3.63, 3.8) is 0 Å². The first kappa shape index (κ1) is 12.6. The van der Waals surface area contributed by atoms with E-state index in [0.29, 0.717) is 12.1 Å². The van der Waals surface area contributed by atoms with Crippen molar-refractivity contribution in [1.29, 1.82) is 0 Å². The van der Waals surface area contributed by atoms with E-state index in [0.717, 1.165) is 6.54 Å². The molecule has 1 aromatic heterocycles. The van der Waals surface area contributed by atoms with Crippen LogP contribution < -0.4 is 5.32 Å². The SMILES string of the molecule is COC1CCCC1NCc1cncc2ccccc12. The van der Waals surface area contributed by atoms with Gasteiger partial charge in [0, 0.05) is 37.5 Å². The fourth-order valence-electron chi connectivity index (χ4n) is 3.00. The predicted molar refractivity (Wildman–Crippen MR) is 77.0 cm³/mol. The molecule has 3 nitrogen and oxygen atoms in total. The molecule has 1 aliphatic carbocycles. The highest BCUT2D eigenvalue weighted by molar-refractivity contribution is 5.84. The van der Waals surface area contributed by atoms with E-state index in [2.05, 4.69) is 34.6 Å². The molecule has 1 N–H and O–H groups in total. The van der Waals surface area contributed by atoms with Crippen LogP contribution in [0.1, 0.15) is 24.8 Å². The zero-order valence-electron chi connectivity index (χ0n) is 11.3. The summed E-state index contributed by atoms with van der Waals surface area (Å²) in [6.45, 7) is 0.860. The van der Waals surface area contributed by atoms with Crippen LogP contribution in [0.2, 0.25) is 0 Å². The zero-order chi connectivity index (χ0) is 13.1. The van der Waals surface area contributed by atoms with E-state index < -0.39 is 0 Å². The Kier molecular flexibility index (Phi) is 3.76. The maximum atomic E-state index is 5.52. The Labute approximate surface area is 114 Å². The molecule has 2 aromatic rings. The van der Waals surface area contributed by atoms with Crippen molar-refractivity contribution in [2.75, 3.05) is 7.11 Å². The second-order valence-electron chi connectivity index (χ2n) is 5.21. The molecular formula is C16H20N2O. The molecule has 0 amide bonds. The first-order valence-electron chi connectivity index (χ1n) is 6.96. The Morgan fingerprint density at radius 2 is 2.16 bits per heavy atom. The van der Waals surface area contributed by atoms with E-state index in [1.165, 1.54) is 35.6 Å². The van der Waals surface area contributed by atoms with E-state index in [-0.39, 0.29) is 0 Å². The molecule has 3 rings (SSSR count). The van der Waals surface area contributed by atoms with E-state index in [4.69, 9.17) is 4.74 Å². The Balaban J connectivity index is 1.75. The standard InChI is InChI=1S/C16H20N2O/c1-19-16-8-4-7-15(16)18-11-13-10-17-9-12-5-2-3-6-14(12)13/h2-3,5-6,9-10,15-16,18H,4,7-8,11H2,1H3. The van der Waals surface area contributed by atoms with Crippen LogP contribution in [0, 0.1) is 0 Å². The summed E-state index contributed by atoms with van der Waals surface area (Å²) in [6.07, 6.45) is 7.88. The second-order valence-corrected chi connectivity index (χ2v) is 5.21. The van der Waals surface area contributed by atoms with Gasteiger partial charge in [0.1, 0.15) is 0 Å². The van der Waals surface area contributed by atoms with Gasteiger partial charge in [0.25, 0.3) is 0 Å². The third-order valence-electron chi connectivity index (χ3n) is 4.06. The zero-order valence-corrected chi connectivity index (χ0v) is 11.3. The minimum absolute atomic E-state index is 0.364. The van der Waals surface area contributed by atoms with Crippen molar-refractivity contribution >= 4 is 10.8 Å². The number of hydrogen-bond acceptors (Lipinski definition) is 3. The average molecular weight is 256 g/mol. The largest absolute Gasteiger partial charge is 0.380 e. The number of methoxy groups -OCH3 is 1. The number of nitrogens with zero attached hydrogens (tertiary/aromatic N) is 1. The van der Waals surface area contributed by atoms with Gasteiger partial charge in [0.2, 0.25) is 0 Å². The lowest BCUT2D eigenvalue weighted by Gasteiger charge is -2.20. The Bertz CT molecular complexity index is 550. The van der Waals surface area contributed by atoms with Gasteiger partial charge < -0.3 is 10.1 Å². The Hall–Kier alpha value is -1.45. The van der Waals surface area contributed by atoms with Crippen LogP contribution in [0.15, 0.2) is 36.7 Å². The first-order chi connectivity index (χ1) is 9.38. The van der Waals surface area contributed by atoms with E-state index >= 15 is 0 Å². The number of fused-ring (bicyclic) bond motifs is 1. The van der Waals surface area contributed by atoms with Crippen LogP contribution in [0.4, 0.5) is 0 Å². The molecule has 0 aliphatic heterocycles. The number of pyridine rings is 1. The van der Waals surface area contributed by atoms with Crippen LogP contribution in [-0.2, 0) is 11.3 Å². The molecule has 1 aromatic carbocycles. The molecule has 0 spiro atoms. The van der Waals surface area contributed by atoms with Gasteiger partial charge in [0.15, 0.2) is 0 Å². The number of rotatable bonds is 4. The van der Waals surface area contributed by atoms with Crippen LogP contribution in [0.25, 0.3) is 10.8 Å². The van der Waals surface area contributed by atoms with Crippen molar-refractivity contribution in [2.24, 2.45) is 0 Å².